The molecule has 0 amide bonds. The maximum atomic E-state index is 3.99. The van der Waals surface area contributed by atoms with Gasteiger partial charge in [0.05, 0.1) is 0 Å². The minimum absolute atomic E-state index is 1.10. The van der Waals surface area contributed by atoms with E-state index in [9.17, 15) is 0 Å². The van der Waals surface area contributed by atoms with Gasteiger partial charge in [0, 0.05) is 27.7 Å². The third-order valence-corrected chi connectivity index (χ3v) is 3.13. The topological polar surface area (TPSA) is 25.8 Å². The molecule has 0 aliphatic heterocycles. The van der Waals surface area contributed by atoms with Crippen molar-refractivity contribution in [3.05, 3.63) is 35.7 Å². The summed E-state index contributed by atoms with van der Waals surface area (Å²) in [5.41, 5.74) is 1.10. The highest BCUT2D eigenvalue weighted by molar-refractivity contribution is 7.15. The van der Waals surface area contributed by atoms with Crippen molar-refractivity contribution in [1.29, 1.82) is 0 Å². The van der Waals surface area contributed by atoms with Gasteiger partial charge in [-0.05, 0) is 18.6 Å². The van der Waals surface area contributed by atoms with E-state index in [-0.39, 0.29) is 0 Å². The Labute approximate surface area is 95.0 Å². The van der Waals surface area contributed by atoms with E-state index in [0.29, 0.717) is 0 Å². The van der Waals surface area contributed by atoms with Gasteiger partial charge in [0.1, 0.15) is 6.33 Å². The SMILES string of the molecule is CC.CCc1ccc(-c2cncnc2)s1. The van der Waals surface area contributed by atoms with Crippen molar-refractivity contribution in [3.63, 3.8) is 0 Å². The van der Waals surface area contributed by atoms with E-state index in [2.05, 4.69) is 29.0 Å². The lowest BCUT2D eigenvalue weighted by Gasteiger charge is -1.92. The zero-order chi connectivity index (χ0) is 11.1. The molecular weight excluding hydrogens is 204 g/mol. The van der Waals surface area contributed by atoms with Crippen LogP contribution in [0.15, 0.2) is 30.9 Å². The second-order valence-corrected chi connectivity index (χ2v) is 3.91. The molecule has 0 radical (unpaired) electrons. The van der Waals surface area contributed by atoms with Crippen LogP contribution in [-0.4, -0.2) is 9.97 Å². The molecule has 0 saturated heterocycles. The van der Waals surface area contributed by atoms with E-state index < -0.39 is 0 Å². The Morgan fingerprint density at radius 3 is 2.33 bits per heavy atom. The average Bonchev–Trinajstić information content (AvgIpc) is 2.81. The molecular formula is C12H16N2S. The fourth-order valence-corrected chi connectivity index (χ4v) is 2.07. The predicted molar refractivity (Wildman–Crippen MR) is 66.1 cm³/mol. The number of aromatic nitrogens is 2. The van der Waals surface area contributed by atoms with Crippen LogP contribution in [0, 0.1) is 0 Å². The summed E-state index contributed by atoms with van der Waals surface area (Å²) in [6, 6.07) is 4.29. The molecule has 80 valence electrons. The van der Waals surface area contributed by atoms with Crippen LogP contribution in [0.1, 0.15) is 25.6 Å². The van der Waals surface area contributed by atoms with Gasteiger partial charge in [-0.3, -0.25) is 0 Å². The number of nitrogens with zero attached hydrogens (tertiary/aromatic N) is 2. The summed E-state index contributed by atoms with van der Waals surface area (Å²) < 4.78 is 0. The minimum Gasteiger partial charge on any atom is -0.244 e. The van der Waals surface area contributed by atoms with Crippen LogP contribution in [0.2, 0.25) is 0 Å². The summed E-state index contributed by atoms with van der Waals surface area (Å²) in [4.78, 5) is 10.6. The molecule has 0 aliphatic rings. The lowest BCUT2D eigenvalue weighted by molar-refractivity contribution is 1.17. The first kappa shape index (κ1) is 11.9. The summed E-state index contributed by atoms with van der Waals surface area (Å²) in [6.45, 7) is 6.16. The highest BCUT2D eigenvalue weighted by atomic mass is 32.1. The van der Waals surface area contributed by atoms with Crippen molar-refractivity contribution in [1.82, 2.24) is 9.97 Å². The maximum Gasteiger partial charge on any atom is 0.115 e. The van der Waals surface area contributed by atoms with Crippen molar-refractivity contribution in [3.8, 4) is 10.4 Å². The first-order valence-electron chi connectivity index (χ1n) is 5.24. The average molecular weight is 220 g/mol. The molecule has 0 saturated carbocycles. The lowest BCUT2D eigenvalue weighted by Crippen LogP contribution is -1.77. The van der Waals surface area contributed by atoms with Gasteiger partial charge in [0.15, 0.2) is 0 Å². The Morgan fingerprint density at radius 1 is 1.13 bits per heavy atom. The van der Waals surface area contributed by atoms with Crippen LogP contribution < -0.4 is 0 Å². The predicted octanol–water partition coefficient (Wildman–Crippen LogP) is 3.79. The fourth-order valence-electron chi connectivity index (χ4n) is 1.15. The Balaban J connectivity index is 0.000000531. The largest absolute Gasteiger partial charge is 0.244 e. The van der Waals surface area contributed by atoms with E-state index in [1.807, 2.05) is 26.2 Å². The quantitative estimate of drug-likeness (QED) is 0.769. The highest BCUT2D eigenvalue weighted by Gasteiger charge is 2.00. The summed E-state index contributed by atoms with van der Waals surface area (Å²) in [5.74, 6) is 0. The summed E-state index contributed by atoms with van der Waals surface area (Å²) in [5, 5.41) is 0. The Hall–Kier alpha value is -1.22. The number of hydrogen-bond acceptors (Lipinski definition) is 3. The lowest BCUT2D eigenvalue weighted by atomic mass is 10.3. The van der Waals surface area contributed by atoms with Crippen molar-refractivity contribution < 1.29 is 0 Å². The van der Waals surface area contributed by atoms with Crippen LogP contribution in [-0.2, 0) is 6.42 Å². The second-order valence-electron chi connectivity index (χ2n) is 2.75. The van der Waals surface area contributed by atoms with Crippen molar-refractivity contribution in [2.45, 2.75) is 27.2 Å². The summed E-state index contributed by atoms with van der Waals surface area (Å²) >= 11 is 1.81. The van der Waals surface area contributed by atoms with Gasteiger partial charge in [0.25, 0.3) is 0 Å². The van der Waals surface area contributed by atoms with Crippen LogP contribution in [0.25, 0.3) is 10.4 Å². The van der Waals surface area contributed by atoms with Gasteiger partial charge in [-0.2, -0.15) is 0 Å². The standard InChI is InChI=1S/C10H10N2S.C2H6/c1-2-9-3-4-10(13-9)8-5-11-7-12-6-8;1-2/h3-7H,2H2,1H3;1-2H3. The van der Waals surface area contributed by atoms with Gasteiger partial charge in [-0.25, -0.2) is 9.97 Å². The molecule has 2 aromatic heterocycles. The third kappa shape index (κ3) is 3.13. The van der Waals surface area contributed by atoms with Gasteiger partial charge >= 0.3 is 0 Å². The Bertz CT molecular complexity index is 382. The van der Waals surface area contributed by atoms with Gasteiger partial charge in [-0.1, -0.05) is 20.8 Å². The van der Waals surface area contributed by atoms with Crippen molar-refractivity contribution in [2.24, 2.45) is 0 Å². The Morgan fingerprint density at radius 2 is 1.80 bits per heavy atom. The number of thiophene rings is 1. The first-order valence-corrected chi connectivity index (χ1v) is 6.06. The monoisotopic (exact) mass is 220 g/mol. The van der Waals surface area contributed by atoms with Gasteiger partial charge < -0.3 is 0 Å². The molecule has 0 aliphatic carbocycles. The smallest absolute Gasteiger partial charge is 0.115 e. The van der Waals surface area contributed by atoms with E-state index in [1.165, 1.54) is 9.75 Å². The molecule has 0 atom stereocenters. The Kier molecular flexibility index (Phi) is 4.98. The zero-order valence-corrected chi connectivity index (χ0v) is 10.2. The molecule has 0 spiro atoms. The van der Waals surface area contributed by atoms with Crippen LogP contribution in [0.4, 0.5) is 0 Å². The number of hydrogen-bond donors (Lipinski definition) is 0. The van der Waals surface area contributed by atoms with E-state index in [0.717, 1.165) is 12.0 Å². The van der Waals surface area contributed by atoms with Crippen LogP contribution in [0.5, 0.6) is 0 Å². The molecule has 2 heterocycles. The van der Waals surface area contributed by atoms with Gasteiger partial charge in [0.2, 0.25) is 0 Å². The molecule has 2 aromatic rings. The van der Waals surface area contributed by atoms with Crippen molar-refractivity contribution in [2.75, 3.05) is 0 Å². The first-order chi connectivity index (χ1) is 7.40. The van der Waals surface area contributed by atoms with E-state index in [4.69, 9.17) is 0 Å². The number of rotatable bonds is 2. The number of aryl methyl sites for hydroxylation is 1. The maximum absolute atomic E-state index is 3.99. The third-order valence-electron chi connectivity index (χ3n) is 1.86. The fraction of sp³-hybridized carbons (Fsp3) is 0.333. The molecule has 0 N–H and O–H groups in total. The van der Waals surface area contributed by atoms with Crippen LogP contribution in [0.3, 0.4) is 0 Å². The molecule has 3 heteroatoms. The second kappa shape index (κ2) is 6.30. The molecule has 0 aromatic carbocycles. The molecule has 0 fully saturated rings. The summed E-state index contributed by atoms with van der Waals surface area (Å²) in [7, 11) is 0. The van der Waals surface area contributed by atoms with Crippen molar-refractivity contribution >= 4 is 11.3 Å². The molecule has 2 rings (SSSR count). The molecule has 0 bridgehead atoms. The molecule has 2 nitrogen and oxygen atoms in total. The molecule has 15 heavy (non-hydrogen) atoms. The minimum atomic E-state index is 1.10. The zero-order valence-electron chi connectivity index (χ0n) is 9.40. The van der Waals surface area contributed by atoms with Crippen LogP contribution >= 0.6 is 11.3 Å². The van der Waals surface area contributed by atoms with E-state index >= 15 is 0 Å². The van der Waals surface area contributed by atoms with E-state index in [1.54, 1.807) is 17.7 Å². The molecule has 0 unspecified atom stereocenters. The highest BCUT2D eigenvalue weighted by Crippen LogP contribution is 2.26. The normalized spacial score (nSPS) is 9.27. The van der Waals surface area contributed by atoms with Gasteiger partial charge in [-0.15, -0.1) is 11.3 Å². The summed E-state index contributed by atoms with van der Waals surface area (Å²) in [6.07, 6.45) is 6.34.